The molecule has 0 amide bonds. The molecular formula is C26H34N6O2S. The van der Waals surface area contributed by atoms with Crippen molar-refractivity contribution in [2.75, 3.05) is 25.9 Å². The normalized spacial score (nSPS) is 22.9. The lowest BCUT2D eigenvalue weighted by molar-refractivity contribution is -0.117. The molecule has 35 heavy (non-hydrogen) atoms. The Hall–Kier alpha value is -2.96. The van der Waals surface area contributed by atoms with Crippen LogP contribution in [-0.2, 0) is 11.2 Å². The van der Waals surface area contributed by atoms with Crippen LogP contribution in [0, 0.1) is 11.3 Å². The average molecular weight is 495 g/mol. The Kier molecular flexibility index (Phi) is 7.43. The van der Waals surface area contributed by atoms with Crippen molar-refractivity contribution in [1.82, 2.24) is 14.9 Å². The fourth-order valence-electron chi connectivity index (χ4n) is 5.18. The number of likely N-dealkylation sites (tertiary alicyclic amines) is 1. The highest BCUT2D eigenvalue weighted by atomic mass is 32.1. The van der Waals surface area contributed by atoms with Crippen molar-refractivity contribution in [3.8, 4) is 12.1 Å². The highest BCUT2D eigenvalue weighted by Crippen LogP contribution is 2.44. The number of thiophene rings is 1. The van der Waals surface area contributed by atoms with E-state index < -0.39 is 5.92 Å². The lowest BCUT2D eigenvalue weighted by Gasteiger charge is -2.31. The van der Waals surface area contributed by atoms with Gasteiger partial charge < -0.3 is 16.2 Å². The molecule has 3 heterocycles. The number of hydrogen-bond donors (Lipinski definition) is 2. The number of aromatic nitrogens is 2. The van der Waals surface area contributed by atoms with Gasteiger partial charge in [0.25, 0.3) is 0 Å². The third-order valence-corrected chi connectivity index (χ3v) is 8.49. The molecule has 1 saturated heterocycles. The van der Waals surface area contributed by atoms with Gasteiger partial charge in [0.05, 0.1) is 22.5 Å². The van der Waals surface area contributed by atoms with Crippen LogP contribution >= 0.6 is 11.3 Å². The Morgan fingerprint density at radius 3 is 2.91 bits per heavy atom. The van der Waals surface area contributed by atoms with Crippen LogP contribution in [0.5, 0.6) is 6.01 Å². The van der Waals surface area contributed by atoms with Crippen LogP contribution in [0.25, 0.3) is 5.70 Å². The van der Waals surface area contributed by atoms with E-state index in [1.54, 1.807) is 12.3 Å². The minimum atomic E-state index is -0.405. The molecule has 1 aliphatic carbocycles. The number of Topliss-reactive ketones (excluding diaryl/α,β-unsaturated/α-hetero) is 1. The second kappa shape index (κ2) is 10.3. The van der Waals surface area contributed by atoms with Crippen LogP contribution in [0.3, 0.4) is 0 Å². The van der Waals surface area contributed by atoms with Crippen molar-refractivity contribution in [2.24, 2.45) is 5.73 Å². The summed E-state index contributed by atoms with van der Waals surface area (Å²) in [4.78, 5) is 26.0. The number of likely N-dealkylation sites (N-methyl/N-ethyl adjacent to an activating group) is 1. The molecule has 4 rings (SSSR count). The van der Waals surface area contributed by atoms with Gasteiger partial charge in [-0.15, -0.1) is 11.3 Å². The predicted octanol–water partition coefficient (Wildman–Crippen LogP) is 4.01. The van der Waals surface area contributed by atoms with Gasteiger partial charge in [0.2, 0.25) is 0 Å². The summed E-state index contributed by atoms with van der Waals surface area (Å²) in [5.41, 5.74) is 15.3. The molecule has 2 aromatic rings. The molecule has 9 heteroatoms. The minimum Gasteiger partial charge on any atom is -0.461 e. The van der Waals surface area contributed by atoms with Gasteiger partial charge >= 0.3 is 6.01 Å². The summed E-state index contributed by atoms with van der Waals surface area (Å²) in [6.45, 7) is 5.73. The first-order valence-electron chi connectivity index (χ1n) is 12.3. The Morgan fingerprint density at radius 1 is 1.43 bits per heavy atom. The number of ether oxygens (including phenoxy) is 1. The summed E-state index contributed by atoms with van der Waals surface area (Å²) < 4.78 is 5.97. The molecule has 0 spiro atoms. The van der Waals surface area contributed by atoms with Gasteiger partial charge in [-0.3, -0.25) is 9.69 Å². The molecule has 0 bridgehead atoms. The summed E-state index contributed by atoms with van der Waals surface area (Å²) in [5.74, 6) is -0.446. The lowest BCUT2D eigenvalue weighted by atomic mass is 9.79. The Bertz CT molecular complexity index is 1180. The van der Waals surface area contributed by atoms with Crippen molar-refractivity contribution >= 4 is 27.8 Å². The second-order valence-electron chi connectivity index (χ2n) is 9.78. The number of anilines is 1. The number of fused-ring (bicyclic) bond motifs is 1. The first-order valence-corrected chi connectivity index (χ1v) is 13.1. The van der Waals surface area contributed by atoms with E-state index in [4.69, 9.17) is 16.2 Å². The van der Waals surface area contributed by atoms with E-state index in [0.29, 0.717) is 47.0 Å². The fourth-order valence-corrected chi connectivity index (χ4v) is 6.30. The van der Waals surface area contributed by atoms with Gasteiger partial charge in [-0.25, -0.2) is 4.98 Å². The summed E-state index contributed by atoms with van der Waals surface area (Å²) in [5, 5.41) is 10.2. The minimum absolute atomic E-state index is 0.0410. The maximum atomic E-state index is 13.8. The van der Waals surface area contributed by atoms with Crippen LogP contribution in [0.2, 0.25) is 0 Å². The summed E-state index contributed by atoms with van der Waals surface area (Å²) in [6.07, 6.45) is 7.51. The SMILES string of the molecule is CCC/C(C(=O)[C@H]1CCCc2sc(N)c(C#N)c21)=C(/N)c1ccnc(OCC2(C)CCCN2C)n1. The van der Waals surface area contributed by atoms with Crippen LogP contribution in [0.4, 0.5) is 5.00 Å². The molecule has 8 nitrogen and oxygen atoms in total. The first-order chi connectivity index (χ1) is 16.8. The van der Waals surface area contributed by atoms with Crippen LogP contribution in [0.15, 0.2) is 17.8 Å². The van der Waals surface area contributed by atoms with Crippen LogP contribution < -0.4 is 16.2 Å². The Balaban J connectivity index is 1.63. The quantitative estimate of drug-likeness (QED) is 0.526. The number of nitrogen functional groups attached to an aromatic ring is 1. The van der Waals surface area contributed by atoms with Crippen LogP contribution in [0.1, 0.15) is 80.0 Å². The molecule has 1 aliphatic heterocycles. The first kappa shape index (κ1) is 25.1. The van der Waals surface area contributed by atoms with Crippen molar-refractivity contribution in [1.29, 1.82) is 5.26 Å². The number of carbonyl (C=O) groups excluding carboxylic acids is 1. The highest BCUT2D eigenvalue weighted by molar-refractivity contribution is 7.16. The zero-order valence-corrected chi connectivity index (χ0v) is 21.6. The molecule has 4 N–H and O–H groups in total. The maximum Gasteiger partial charge on any atom is 0.317 e. The lowest BCUT2D eigenvalue weighted by Crippen LogP contribution is -2.43. The van der Waals surface area contributed by atoms with E-state index in [1.807, 2.05) is 6.92 Å². The molecule has 1 fully saturated rings. The molecule has 1 unspecified atom stereocenters. The van der Waals surface area contributed by atoms with Crippen molar-refractivity contribution in [2.45, 2.75) is 70.3 Å². The van der Waals surface area contributed by atoms with E-state index in [9.17, 15) is 10.1 Å². The number of nitrogens with two attached hydrogens (primary N) is 2. The van der Waals surface area contributed by atoms with E-state index >= 15 is 0 Å². The van der Waals surface area contributed by atoms with E-state index in [2.05, 4.69) is 34.9 Å². The molecule has 2 atom stereocenters. The number of nitriles is 1. The van der Waals surface area contributed by atoms with Gasteiger partial charge in [-0.05, 0) is 70.7 Å². The number of carbonyl (C=O) groups is 1. The van der Waals surface area contributed by atoms with Crippen LogP contribution in [-0.4, -0.2) is 46.4 Å². The average Bonchev–Trinajstić information content (AvgIpc) is 3.37. The van der Waals surface area contributed by atoms with Gasteiger partial charge in [-0.1, -0.05) is 13.3 Å². The molecule has 0 saturated carbocycles. The maximum absolute atomic E-state index is 13.8. The van der Waals surface area contributed by atoms with E-state index in [1.165, 1.54) is 11.3 Å². The topological polar surface area (TPSA) is 131 Å². The number of allylic oxidation sites excluding steroid dienone is 1. The Morgan fingerprint density at radius 2 is 2.23 bits per heavy atom. The number of aryl methyl sites for hydroxylation is 1. The van der Waals surface area contributed by atoms with Gasteiger partial charge in [-0.2, -0.15) is 10.2 Å². The van der Waals surface area contributed by atoms with Crippen molar-refractivity contribution in [3.05, 3.63) is 39.5 Å². The van der Waals surface area contributed by atoms with E-state index in [0.717, 1.165) is 49.1 Å². The second-order valence-corrected chi connectivity index (χ2v) is 10.9. The zero-order valence-electron chi connectivity index (χ0n) is 20.8. The fraction of sp³-hybridized carbons (Fsp3) is 0.538. The van der Waals surface area contributed by atoms with Gasteiger partial charge in [0.1, 0.15) is 17.7 Å². The number of ketones is 1. The third-order valence-electron chi connectivity index (χ3n) is 7.40. The summed E-state index contributed by atoms with van der Waals surface area (Å²) >= 11 is 1.43. The van der Waals surface area contributed by atoms with Crippen molar-refractivity contribution < 1.29 is 9.53 Å². The smallest absolute Gasteiger partial charge is 0.317 e. The third kappa shape index (κ3) is 4.91. The zero-order chi connectivity index (χ0) is 25.2. The van der Waals surface area contributed by atoms with Gasteiger partial charge in [0, 0.05) is 22.6 Å². The van der Waals surface area contributed by atoms with Crippen molar-refractivity contribution in [3.63, 3.8) is 0 Å². The largest absolute Gasteiger partial charge is 0.461 e. The van der Waals surface area contributed by atoms with E-state index in [-0.39, 0.29) is 17.3 Å². The Labute approximate surface area is 211 Å². The monoisotopic (exact) mass is 494 g/mol. The predicted molar refractivity (Wildman–Crippen MR) is 138 cm³/mol. The molecule has 0 radical (unpaired) electrons. The molecule has 2 aliphatic rings. The molecule has 0 aromatic carbocycles. The molecular weight excluding hydrogens is 460 g/mol. The number of hydrogen-bond acceptors (Lipinski definition) is 9. The number of rotatable bonds is 8. The van der Waals surface area contributed by atoms with Gasteiger partial charge in [0.15, 0.2) is 5.78 Å². The molecule has 186 valence electrons. The highest BCUT2D eigenvalue weighted by Gasteiger charge is 2.36. The molecule has 2 aromatic heterocycles. The summed E-state index contributed by atoms with van der Waals surface area (Å²) in [7, 11) is 2.10. The summed E-state index contributed by atoms with van der Waals surface area (Å²) in [6, 6.07) is 4.19. The number of nitrogens with zero attached hydrogens (tertiary/aromatic N) is 4. The standard InChI is InChI=1S/C26H34N6O2S/c1-4-7-17(23(33)16-8-5-9-20-21(16)18(14-27)24(29)35-20)22(28)19-10-12-30-25(31-19)34-15-26(2)11-6-13-32(26)3/h10,12,16H,4-9,11,13,15,28-29H2,1-3H3/b22-17-/t16-,26?/m0/s1.